The zero-order valence-corrected chi connectivity index (χ0v) is 12.0. The predicted molar refractivity (Wildman–Crippen MR) is 80.5 cm³/mol. The minimum absolute atomic E-state index is 0.144. The van der Waals surface area contributed by atoms with Crippen LogP contribution in [0.15, 0.2) is 41.3 Å². The zero-order valence-electron chi connectivity index (χ0n) is 11.2. The van der Waals surface area contributed by atoms with Crippen molar-refractivity contribution in [2.75, 3.05) is 5.73 Å². The Morgan fingerprint density at radius 3 is 2.43 bits per heavy atom. The van der Waals surface area contributed by atoms with Crippen LogP contribution in [0.3, 0.4) is 0 Å². The molecular weight excluding hydrogens is 290 g/mol. The third-order valence-electron chi connectivity index (χ3n) is 3.25. The molecule has 0 aliphatic rings. The zero-order chi connectivity index (χ0) is 15.2. The molecule has 0 aliphatic heterocycles. The van der Waals surface area contributed by atoms with Gasteiger partial charge in [0.1, 0.15) is 10.7 Å². The average molecular weight is 303 g/mol. The summed E-state index contributed by atoms with van der Waals surface area (Å²) in [5, 5.41) is 0. The number of nitrogen functional groups attached to an aromatic ring is 1. The molecule has 2 aromatic carbocycles. The predicted octanol–water partition coefficient (Wildman–Crippen LogP) is 2.37. The molecule has 21 heavy (non-hydrogen) atoms. The molecule has 108 valence electrons. The van der Waals surface area contributed by atoms with E-state index in [1.54, 1.807) is 43.3 Å². The van der Waals surface area contributed by atoms with E-state index in [1.807, 2.05) is 0 Å². The molecule has 4 N–H and O–H groups in total. The number of imidazole rings is 1. The van der Waals surface area contributed by atoms with Crippen molar-refractivity contribution in [3.05, 3.63) is 42.0 Å². The molecule has 1 aromatic heterocycles. The molecule has 0 amide bonds. The van der Waals surface area contributed by atoms with Crippen LogP contribution in [0.2, 0.25) is 0 Å². The number of anilines is 1. The third kappa shape index (κ3) is 2.37. The van der Waals surface area contributed by atoms with Gasteiger partial charge in [0.25, 0.3) is 10.1 Å². The number of benzene rings is 2. The molecule has 0 saturated carbocycles. The second kappa shape index (κ2) is 4.57. The van der Waals surface area contributed by atoms with Crippen LogP contribution in [0, 0.1) is 6.92 Å². The molecule has 0 unspecified atom stereocenters. The van der Waals surface area contributed by atoms with Gasteiger partial charge in [0.05, 0.1) is 11.0 Å². The number of nitrogens with two attached hydrogens (primary N) is 1. The van der Waals surface area contributed by atoms with E-state index >= 15 is 0 Å². The summed E-state index contributed by atoms with van der Waals surface area (Å²) in [6.45, 7) is 1.62. The summed E-state index contributed by atoms with van der Waals surface area (Å²) in [6.07, 6.45) is 0. The van der Waals surface area contributed by atoms with E-state index in [0.717, 1.165) is 5.56 Å². The number of nitrogens with one attached hydrogen (secondary N) is 1. The summed E-state index contributed by atoms with van der Waals surface area (Å²) in [7, 11) is -4.33. The van der Waals surface area contributed by atoms with E-state index in [0.29, 0.717) is 28.1 Å². The number of hydrogen-bond acceptors (Lipinski definition) is 4. The first-order valence-electron chi connectivity index (χ1n) is 6.19. The van der Waals surface area contributed by atoms with Gasteiger partial charge in [-0.2, -0.15) is 8.42 Å². The van der Waals surface area contributed by atoms with Gasteiger partial charge in [0.2, 0.25) is 0 Å². The lowest BCUT2D eigenvalue weighted by Gasteiger charge is -2.02. The van der Waals surface area contributed by atoms with Gasteiger partial charge in [0, 0.05) is 11.3 Å². The number of nitrogens with zero attached hydrogens (tertiary/aromatic N) is 1. The van der Waals surface area contributed by atoms with Gasteiger partial charge in [-0.05, 0) is 42.8 Å². The SMILES string of the molecule is Cc1ccc2nc(-c3ccc(N)cc3)[nH]c2c1S(=O)(=O)O. The van der Waals surface area contributed by atoms with Crippen molar-refractivity contribution in [2.24, 2.45) is 0 Å². The van der Waals surface area contributed by atoms with Gasteiger partial charge in [-0.1, -0.05) is 6.07 Å². The molecule has 3 rings (SSSR count). The largest absolute Gasteiger partial charge is 0.399 e. The highest BCUT2D eigenvalue weighted by atomic mass is 32.2. The van der Waals surface area contributed by atoms with Crippen molar-refractivity contribution >= 4 is 26.8 Å². The van der Waals surface area contributed by atoms with Gasteiger partial charge in [-0.15, -0.1) is 0 Å². The quantitative estimate of drug-likeness (QED) is 0.497. The summed E-state index contributed by atoms with van der Waals surface area (Å²) in [5.41, 5.74) is 8.27. The van der Waals surface area contributed by atoms with Crippen molar-refractivity contribution in [3.63, 3.8) is 0 Å². The van der Waals surface area contributed by atoms with Gasteiger partial charge < -0.3 is 10.7 Å². The van der Waals surface area contributed by atoms with Crippen molar-refractivity contribution < 1.29 is 13.0 Å². The summed E-state index contributed by atoms with van der Waals surface area (Å²) >= 11 is 0. The Hall–Kier alpha value is -2.38. The van der Waals surface area contributed by atoms with E-state index in [1.165, 1.54) is 0 Å². The normalized spacial score (nSPS) is 11.9. The first-order valence-corrected chi connectivity index (χ1v) is 7.63. The average Bonchev–Trinajstić information content (AvgIpc) is 2.81. The molecule has 1 heterocycles. The molecule has 0 fully saturated rings. The molecule has 0 radical (unpaired) electrons. The summed E-state index contributed by atoms with van der Waals surface area (Å²) in [6, 6.07) is 10.4. The molecule has 7 heteroatoms. The fourth-order valence-electron chi connectivity index (χ4n) is 2.27. The van der Waals surface area contributed by atoms with Crippen LogP contribution in [0.4, 0.5) is 5.69 Å². The monoisotopic (exact) mass is 303 g/mol. The summed E-state index contributed by atoms with van der Waals surface area (Å²) in [4.78, 5) is 7.17. The molecule has 0 aliphatic carbocycles. The van der Waals surface area contributed by atoms with Crippen molar-refractivity contribution in [1.29, 1.82) is 0 Å². The molecule has 0 spiro atoms. The van der Waals surface area contributed by atoms with Crippen molar-refractivity contribution in [2.45, 2.75) is 11.8 Å². The Bertz CT molecular complexity index is 928. The van der Waals surface area contributed by atoms with Crippen LogP contribution in [0.1, 0.15) is 5.56 Å². The summed E-state index contributed by atoms with van der Waals surface area (Å²) in [5.74, 6) is 0.514. The minimum Gasteiger partial charge on any atom is -0.399 e. The molecule has 6 nitrogen and oxygen atoms in total. The lowest BCUT2D eigenvalue weighted by Crippen LogP contribution is -2.02. The van der Waals surface area contributed by atoms with Gasteiger partial charge in [-0.3, -0.25) is 4.55 Å². The fourth-order valence-corrected chi connectivity index (χ4v) is 3.16. The van der Waals surface area contributed by atoms with Crippen LogP contribution in [0.5, 0.6) is 0 Å². The molecule has 3 aromatic rings. The number of aromatic amines is 1. The second-order valence-corrected chi connectivity index (χ2v) is 6.15. The van der Waals surface area contributed by atoms with Gasteiger partial charge >= 0.3 is 0 Å². The van der Waals surface area contributed by atoms with Crippen molar-refractivity contribution in [1.82, 2.24) is 9.97 Å². The number of H-pyrrole nitrogens is 1. The van der Waals surface area contributed by atoms with Crippen LogP contribution >= 0.6 is 0 Å². The second-order valence-electron chi connectivity index (χ2n) is 4.79. The highest BCUT2D eigenvalue weighted by Gasteiger charge is 2.20. The van der Waals surface area contributed by atoms with E-state index < -0.39 is 10.1 Å². The van der Waals surface area contributed by atoms with Gasteiger partial charge in [0.15, 0.2) is 0 Å². The number of fused-ring (bicyclic) bond motifs is 1. The molecule has 0 saturated heterocycles. The van der Waals surface area contributed by atoms with Crippen LogP contribution < -0.4 is 5.73 Å². The van der Waals surface area contributed by atoms with Crippen LogP contribution in [-0.2, 0) is 10.1 Å². The first kappa shape index (κ1) is 13.6. The fraction of sp³-hybridized carbons (Fsp3) is 0.0714. The number of aryl methyl sites for hydroxylation is 1. The van der Waals surface area contributed by atoms with E-state index in [4.69, 9.17) is 5.73 Å². The Kier molecular flexibility index (Phi) is 2.96. The molecule has 0 bridgehead atoms. The number of aromatic nitrogens is 2. The standard InChI is InChI=1S/C14H13N3O3S/c1-8-2-7-11-12(13(8)21(18,19)20)17-14(16-11)9-3-5-10(15)6-4-9/h2-7H,15H2,1H3,(H,16,17)(H,18,19,20). The lowest BCUT2D eigenvalue weighted by atomic mass is 10.2. The third-order valence-corrected chi connectivity index (χ3v) is 4.29. The Labute approximate surface area is 121 Å². The number of hydrogen-bond donors (Lipinski definition) is 3. The maximum Gasteiger partial charge on any atom is 0.296 e. The van der Waals surface area contributed by atoms with Crippen LogP contribution in [-0.4, -0.2) is 22.9 Å². The van der Waals surface area contributed by atoms with E-state index in [2.05, 4.69) is 9.97 Å². The molecular formula is C14H13N3O3S. The first-order chi connectivity index (χ1) is 9.86. The van der Waals surface area contributed by atoms with Gasteiger partial charge in [-0.25, -0.2) is 4.98 Å². The van der Waals surface area contributed by atoms with Crippen LogP contribution in [0.25, 0.3) is 22.4 Å². The van der Waals surface area contributed by atoms with Crippen molar-refractivity contribution in [3.8, 4) is 11.4 Å². The maximum atomic E-state index is 11.5. The summed E-state index contributed by atoms with van der Waals surface area (Å²) < 4.78 is 32.5. The Morgan fingerprint density at radius 1 is 1.14 bits per heavy atom. The smallest absolute Gasteiger partial charge is 0.296 e. The maximum absolute atomic E-state index is 11.5. The highest BCUT2D eigenvalue weighted by molar-refractivity contribution is 7.86. The Morgan fingerprint density at radius 2 is 1.81 bits per heavy atom. The van der Waals surface area contributed by atoms with E-state index in [-0.39, 0.29) is 4.90 Å². The van der Waals surface area contributed by atoms with E-state index in [9.17, 15) is 13.0 Å². The molecule has 0 atom stereocenters. The lowest BCUT2D eigenvalue weighted by molar-refractivity contribution is 0.483. The number of rotatable bonds is 2. The topological polar surface area (TPSA) is 109 Å². The minimum atomic E-state index is -4.33. The highest BCUT2D eigenvalue weighted by Crippen LogP contribution is 2.28. The Balaban J connectivity index is 2.28.